The van der Waals surface area contributed by atoms with Crippen LogP contribution in [0.1, 0.15) is 5.56 Å². The molecule has 6 aromatic rings. The van der Waals surface area contributed by atoms with Crippen LogP contribution in [0.5, 0.6) is 0 Å². The Morgan fingerprint density at radius 2 is 1.44 bits per heavy atom. The summed E-state index contributed by atoms with van der Waals surface area (Å²) in [5.74, 6) is 0.448. The van der Waals surface area contributed by atoms with Crippen molar-refractivity contribution < 1.29 is 4.92 Å². The van der Waals surface area contributed by atoms with Crippen LogP contribution in [-0.4, -0.2) is 24.4 Å². The fourth-order valence-electron chi connectivity index (χ4n) is 4.45. The number of nitro groups is 1. The normalized spacial score (nSPS) is 11.4. The molecule has 8 nitrogen and oxygen atoms in total. The second-order valence-corrected chi connectivity index (χ2v) is 8.94. The van der Waals surface area contributed by atoms with Gasteiger partial charge in [-0.3, -0.25) is 24.5 Å². The van der Waals surface area contributed by atoms with Gasteiger partial charge in [-0.15, -0.1) is 0 Å². The number of non-ortho nitro benzene ring substituents is 1. The molecule has 0 saturated heterocycles. The molecule has 39 heavy (non-hydrogen) atoms. The van der Waals surface area contributed by atoms with E-state index >= 15 is 0 Å². The quantitative estimate of drug-likeness (QED) is 0.192. The van der Waals surface area contributed by atoms with Crippen molar-refractivity contribution in [3.8, 4) is 22.6 Å². The van der Waals surface area contributed by atoms with Crippen LogP contribution in [0.2, 0.25) is 0 Å². The van der Waals surface area contributed by atoms with E-state index in [1.165, 1.54) is 12.1 Å². The maximum absolute atomic E-state index is 13.4. The molecular weight excluding hydrogens is 490 g/mol. The van der Waals surface area contributed by atoms with Gasteiger partial charge in [0.15, 0.2) is 0 Å². The van der Waals surface area contributed by atoms with Gasteiger partial charge >= 0.3 is 0 Å². The largest absolute Gasteiger partial charge is 0.288 e. The number of hydrogen-bond acceptors (Lipinski definition) is 6. The Bertz CT molecular complexity index is 1930. The molecule has 188 valence electrons. The highest BCUT2D eigenvalue weighted by atomic mass is 16.6. The molecule has 4 aromatic carbocycles. The zero-order chi connectivity index (χ0) is 26.8. The molecule has 0 unspecified atom stereocenters. The summed E-state index contributed by atoms with van der Waals surface area (Å²) < 4.78 is 1.58. The van der Waals surface area contributed by atoms with Crippen molar-refractivity contribution in [1.82, 2.24) is 19.5 Å². The molecule has 0 saturated carbocycles. The van der Waals surface area contributed by atoms with Gasteiger partial charge in [0.05, 0.1) is 38.8 Å². The zero-order valence-corrected chi connectivity index (χ0v) is 20.6. The minimum absolute atomic E-state index is 0.0218. The second kappa shape index (κ2) is 10.1. The zero-order valence-electron chi connectivity index (χ0n) is 20.6. The number of benzene rings is 4. The Labute approximate surface area is 222 Å². The fraction of sp³-hybridized carbons (Fsp3) is 0.0323. The maximum atomic E-state index is 13.4. The smallest absolute Gasteiger partial charge is 0.269 e. The van der Waals surface area contributed by atoms with Gasteiger partial charge in [-0.05, 0) is 42.0 Å². The van der Waals surface area contributed by atoms with Crippen LogP contribution in [-0.2, 0) is 6.54 Å². The number of allylic oxidation sites excluding steroid dienone is 1. The summed E-state index contributed by atoms with van der Waals surface area (Å²) in [6, 6.07) is 28.9. The maximum Gasteiger partial charge on any atom is 0.269 e. The minimum Gasteiger partial charge on any atom is -0.288 e. The van der Waals surface area contributed by atoms with E-state index in [9.17, 15) is 14.9 Å². The van der Waals surface area contributed by atoms with Crippen LogP contribution in [0, 0.1) is 10.1 Å². The molecule has 0 spiro atoms. The Kier molecular flexibility index (Phi) is 6.18. The van der Waals surface area contributed by atoms with E-state index in [-0.39, 0.29) is 17.8 Å². The molecule has 0 aliphatic heterocycles. The molecule has 0 radical (unpaired) electrons. The van der Waals surface area contributed by atoms with Gasteiger partial charge in [-0.1, -0.05) is 60.7 Å². The van der Waals surface area contributed by atoms with Gasteiger partial charge in [0.1, 0.15) is 5.82 Å². The van der Waals surface area contributed by atoms with Crippen LogP contribution >= 0.6 is 0 Å². The minimum atomic E-state index is -0.453. The van der Waals surface area contributed by atoms with Crippen molar-refractivity contribution >= 4 is 33.7 Å². The van der Waals surface area contributed by atoms with E-state index in [0.717, 1.165) is 27.9 Å². The lowest BCUT2D eigenvalue weighted by Crippen LogP contribution is -2.23. The molecule has 2 heterocycles. The predicted octanol–water partition coefficient (Wildman–Crippen LogP) is 6.30. The molecule has 0 bridgehead atoms. The van der Waals surface area contributed by atoms with Crippen LogP contribution in [0.15, 0.2) is 114 Å². The average molecular weight is 512 g/mol. The fourth-order valence-corrected chi connectivity index (χ4v) is 4.45. The molecular formula is C31H21N5O3. The van der Waals surface area contributed by atoms with Gasteiger partial charge in [0, 0.05) is 29.8 Å². The first-order chi connectivity index (χ1) is 19.1. The van der Waals surface area contributed by atoms with Crippen molar-refractivity contribution in [2.45, 2.75) is 6.54 Å². The van der Waals surface area contributed by atoms with Gasteiger partial charge in [-0.2, -0.15) is 0 Å². The van der Waals surface area contributed by atoms with Crippen LogP contribution in [0.4, 0.5) is 5.69 Å². The number of para-hydroxylation sites is 3. The lowest BCUT2D eigenvalue weighted by molar-refractivity contribution is -0.384. The SMILES string of the molecule is O=c1c2ccccc2nc(-c2ccc([N+](=O)[O-])cc2)n1C/C=C/c1ccc(-c2cnc3ccccc3n2)cc1. The molecule has 6 rings (SSSR count). The lowest BCUT2D eigenvalue weighted by Gasteiger charge is -2.12. The van der Waals surface area contributed by atoms with E-state index in [1.54, 1.807) is 41.1 Å². The van der Waals surface area contributed by atoms with Crippen molar-refractivity contribution in [2.24, 2.45) is 0 Å². The first-order valence-electron chi connectivity index (χ1n) is 12.3. The third-order valence-electron chi connectivity index (χ3n) is 6.45. The number of nitro benzene ring substituents is 1. The van der Waals surface area contributed by atoms with Crippen LogP contribution in [0.25, 0.3) is 50.7 Å². The van der Waals surface area contributed by atoms with Gasteiger partial charge < -0.3 is 0 Å². The van der Waals surface area contributed by atoms with Crippen molar-refractivity contribution in [3.05, 3.63) is 135 Å². The van der Waals surface area contributed by atoms with E-state index in [1.807, 2.05) is 66.7 Å². The highest BCUT2D eigenvalue weighted by Gasteiger charge is 2.13. The monoisotopic (exact) mass is 511 g/mol. The Hall–Kier alpha value is -5.50. The molecule has 0 fully saturated rings. The highest BCUT2D eigenvalue weighted by molar-refractivity contribution is 5.80. The van der Waals surface area contributed by atoms with Crippen molar-refractivity contribution in [3.63, 3.8) is 0 Å². The molecule has 0 aliphatic rings. The summed E-state index contributed by atoms with van der Waals surface area (Å²) in [6.45, 7) is 0.279. The van der Waals surface area contributed by atoms with E-state index in [2.05, 4.69) is 4.98 Å². The standard InChI is InChI=1S/C31H21N5O3/c37-31-25-7-1-2-8-26(25)34-30(23-15-17-24(18-16-23)36(38)39)35(31)19-5-6-21-11-13-22(14-12-21)29-20-32-27-9-3-4-10-28(27)33-29/h1-18,20H,19H2/b6-5+. The van der Waals surface area contributed by atoms with E-state index in [4.69, 9.17) is 9.97 Å². The Morgan fingerprint density at radius 1 is 0.769 bits per heavy atom. The first kappa shape index (κ1) is 23.9. The summed E-state index contributed by atoms with van der Waals surface area (Å²) in [4.78, 5) is 38.0. The van der Waals surface area contributed by atoms with Gasteiger partial charge in [0.25, 0.3) is 11.2 Å². The Balaban J connectivity index is 1.29. The number of nitrogens with zero attached hydrogens (tertiary/aromatic N) is 5. The molecule has 2 aromatic heterocycles. The molecule has 0 atom stereocenters. The summed E-state index contributed by atoms with van der Waals surface area (Å²) in [6.07, 6.45) is 5.61. The van der Waals surface area contributed by atoms with Gasteiger partial charge in [-0.25, -0.2) is 9.97 Å². The van der Waals surface area contributed by atoms with Crippen LogP contribution in [0.3, 0.4) is 0 Å². The third kappa shape index (κ3) is 4.78. The molecule has 0 aliphatic carbocycles. The Morgan fingerprint density at radius 3 is 2.18 bits per heavy atom. The summed E-state index contributed by atoms with van der Waals surface area (Å²) in [5, 5.41) is 11.6. The number of fused-ring (bicyclic) bond motifs is 2. The number of rotatable bonds is 6. The van der Waals surface area contributed by atoms with Crippen molar-refractivity contribution in [1.29, 1.82) is 0 Å². The molecule has 0 amide bonds. The second-order valence-electron chi connectivity index (χ2n) is 8.94. The predicted molar refractivity (Wildman–Crippen MR) is 152 cm³/mol. The van der Waals surface area contributed by atoms with Gasteiger partial charge in [0.2, 0.25) is 0 Å². The average Bonchev–Trinajstić information content (AvgIpc) is 2.98. The van der Waals surface area contributed by atoms with Crippen molar-refractivity contribution in [2.75, 3.05) is 0 Å². The lowest BCUT2D eigenvalue weighted by atomic mass is 10.1. The molecule has 0 N–H and O–H groups in total. The summed E-state index contributed by atoms with van der Waals surface area (Å²) in [7, 11) is 0. The number of hydrogen-bond donors (Lipinski definition) is 0. The highest BCUT2D eigenvalue weighted by Crippen LogP contribution is 2.23. The van der Waals surface area contributed by atoms with Crippen LogP contribution < -0.4 is 5.56 Å². The van der Waals surface area contributed by atoms with E-state index in [0.29, 0.717) is 22.3 Å². The third-order valence-corrected chi connectivity index (χ3v) is 6.45. The topological polar surface area (TPSA) is 104 Å². The first-order valence-corrected chi connectivity index (χ1v) is 12.3. The molecule has 8 heteroatoms. The summed E-state index contributed by atoms with van der Waals surface area (Å²) >= 11 is 0. The van der Waals surface area contributed by atoms with E-state index < -0.39 is 4.92 Å². The number of aromatic nitrogens is 4. The summed E-state index contributed by atoms with van der Waals surface area (Å²) in [5.41, 5.74) is 5.42.